The first-order chi connectivity index (χ1) is 7.47. The van der Waals surface area contributed by atoms with Gasteiger partial charge in [0.15, 0.2) is 5.25 Å². The van der Waals surface area contributed by atoms with Crippen molar-refractivity contribution in [1.29, 1.82) is 5.26 Å². The molecule has 1 N–H and O–H groups in total. The van der Waals surface area contributed by atoms with Crippen LogP contribution in [0.4, 0.5) is 0 Å². The summed E-state index contributed by atoms with van der Waals surface area (Å²) in [7, 11) is -3.60. The number of hydrogen-bond donors (Lipinski definition) is 1. The largest absolute Gasteiger partial charge is 0.227 e. The molecule has 0 bridgehead atoms. The molecule has 1 aromatic rings. The van der Waals surface area contributed by atoms with Gasteiger partial charge in [0.2, 0.25) is 10.0 Å². The average molecular weight is 259 g/mol. The van der Waals surface area contributed by atoms with Crippen molar-refractivity contribution in [3.8, 4) is 6.07 Å². The third-order valence-electron chi connectivity index (χ3n) is 2.07. The minimum absolute atomic E-state index is 0.0913. The maximum atomic E-state index is 11.5. The van der Waals surface area contributed by atoms with Gasteiger partial charge in [-0.1, -0.05) is 29.8 Å². The third kappa shape index (κ3) is 3.20. The van der Waals surface area contributed by atoms with E-state index in [9.17, 15) is 8.42 Å². The highest BCUT2D eigenvalue weighted by molar-refractivity contribution is 7.90. The van der Waals surface area contributed by atoms with Gasteiger partial charge in [0, 0.05) is 11.6 Å². The SMILES string of the molecule is CC(C#N)S(=O)(=O)NCc1ccccc1Cl. The highest BCUT2D eigenvalue weighted by Gasteiger charge is 2.19. The molecule has 0 saturated heterocycles. The van der Waals surface area contributed by atoms with E-state index in [0.717, 1.165) is 0 Å². The van der Waals surface area contributed by atoms with Gasteiger partial charge >= 0.3 is 0 Å². The second-order valence-electron chi connectivity index (χ2n) is 3.23. The van der Waals surface area contributed by atoms with Crippen LogP contribution in [0.1, 0.15) is 12.5 Å². The molecule has 6 heteroatoms. The molecule has 0 saturated carbocycles. The minimum Gasteiger partial charge on any atom is -0.211 e. The number of benzene rings is 1. The minimum atomic E-state index is -3.60. The van der Waals surface area contributed by atoms with Crippen LogP contribution in [0.15, 0.2) is 24.3 Å². The van der Waals surface area contributed by atoms with Gasteiger partial charge < -0.3 is 0 Å². The summed E-state index contributed by atoms with van der Waals surface area (Å²) in [5.74, 6) is 0. The average Bonchev–Trinajstić information content (AvgIpc) is 2.27. The first-order valence-corrected chi connectivity index (χ1v) is 6.51. The highest BCUT2D eigenvalue weighted by atomic mass is 35.5. The van der Waals surface area contributed by atoms with Crippen LogP contribution in [0.5, 0.6) is 0 Å². The molecule has 4 nitrogen and oxygen atoms in total. The molecule has 1 rings (SSSR count). The first kappa shape index (κ1) is 13.0. The lowest BCUT2D eigenvalue weighted by Crippen LogP contribution is -2.31. The van der Waals surface area contributed by atoms with Crippen molar-refractivity contribution >= 4 is 21.6 Å². The lowest BCUT2D eigenvalue weighted by molar-refractivity contribution is 0.577. The number of nitrogens with one attached hydrogen (secondary N) is 1. The van der Waals surface area contributed by atoms with Gasteiger partial charge in [-0.15, -0.1) is 0 Å². The Hall–Kier alpha value is -1.09. The fourth-order valence-electron chi connectivity index (χ4n) is 1.01. The molecular weight excluding hydrogens is 248 g/mol. The van der Waals surface area contributed by atoms with Gasteiger partial charge in [-0.2, -0.15) is 5.26 Å². The number of halogens is 1. The third-order valence-corrected chi connectivity index (χ3v) is 4.02. The standard InChI is InChI=1S/C10H11ClN2O2S/c1-8(6-12)16(14,15)13-7-9-4-2-3-5-10(9)11/h2-5,8,13H,7H2,1H3. The summed E-state index contributed by atoms with van der Waals surface area (Å²) in [6, 6.07) is 8.61. The number of nitrogens with zero attached hydrogens (tertiary/aromatic N) is 1. The maximum Gasteiger partial charge on any atom is 0.227 e. The van der Waals surface area contributed by atoms with E-state index < -0.39 is 15.3 Å². The molecule has 0 aliphatic heterocycles. The van der Waals surface area contributed by atoms with Crippen LogP contribution in [0.25, 0.3) is 0 Å². The first-order valence-electron chi connectivity index (χ1n) is 4.59. The van der Waals surface area contributed by atoms with Crippen molar-refractivity contribution in [1.82, 2.24) is 4.72 Å². The molecular formula is C10H11ClN2O2S. The van der Waals surface area contributed by atoms with Crippen molar-refractivity contribution in [3.63, 3.8) is 0 Å². The zero-order valence-corrected chi connectivity index (χ0v) is 10.2. The van der Waals surface area contributed by atoms with Crippen LogP contribution < -0.4 is 4.72 Å². The summed E-state index contributed by atoms with van der Waals surface area (Å²) >= 11 is 5.87. The molecule has 0 spiro atoms. The molecule has 16 heavy (non-hydrogen) atoms. The Kier molecular flexibility index (Phi) is 4.30. The van der Waals surface area contributed by atoms with E-state index in [2.05, 4.69) is 4.72 Å². The second-order valence-corrected chi connectivity index (χ2v) is 5.72. The van der Waals surface area contributed by atoms with Crippen molar-refractivity contribution in [2.24, 2.45) is 0 Å². The van der Waals surface area contributed by atoms with Gasteiger partial charge in [0.05, 0.1) is 6.07 Å². The van der Waals surface area contributed by atoms with Gasteiger partial charge in [-0.25, -0.2) is 13.1 Å². The van der Waals surface area contributed by atoms with Crippen LogP contribution in [-0.2, 0) is 16.6 Å². The summed E-state index contributed by atoms with van der Waals surface area (Å²) in [6.07, 6.45) is 0. The smallest absolute Gasteiger partial charge is 0.211 e. The number of sulfonamides is 1. The monoisotopic (exact) mass is 258 g/mol. The van der Waals surface area contributed by atoms with E-state index in [4.69, 9.17) is 16.9 Å². The molecule has 86 valence electrons. The molecule has 0 aliphatic carbocycles. The summed E-state index contributed by atoms with van der Waals surface area (Å²) in [5, 5.41) is 7.95. The molecule has 0 aromatic heterocycles. The second kappa shape index (κ2) is 5.30. The Morgan fingerprint density at radius 1 is 1.50 bits per heavy atom. The van der Waals surface area contributed by atoms with Crippen LogP contribution in [0.3, 0.4) is 0 Å². The fourth-order valence-corrected chi connectivity index (χ4v) is 1.96. The molecule has 1 aromatic carbocycles. The van der Waals surface area contributed by atoms with Gasteiger partial charge in [-0.05, 0) is 18.6 Å². The molecule has 0 aliphatic rings. The summed E-state index contributed by atoms with van der Waals surface area (Å²) in [6.45, 7) is 1.42. The molecule has 0 radical (unpaired) electrons. The quantitative estimate of drug-likeness (QED) is 0.893. The predicted octanol–water partition coefficient (Wildman–Crippen LogP) is 1.67. The van der Waals surface area contributed by atoms with Crippen molar-refractivity contribution in [2.75, 3.05) is 0 Å². The summed E-state index contributed by atoms with van der Waals surface area (Å²) < 4.78 is 25.3. The Morgan fingerprint density at radius 2 is 2.12 bits per heavy atom. The fraction of sp³-hybridized carbons (Fsp3) is 0.300. The summed E-state index contributed by atoms with van der Waals surface area (Å²) in [4.78, 5) is 0. The zero-order valence-electron chi connectivity index (χ0n) is 8.64. The molecule has 0 amide bonds. The van der Waals surface area contributed by atoms with Gasteiger partial charge in [-0.3, -0.25) is 0 Å². The zero-order chi connectivity index (χ0) is 12.2. The van der Waals surface area contributed by atoms with Crippen LogP contribution in [0.2, 0.25) is 5.02 Å². The van der Waals surface area contributed by atoms with E-state index >= 15 is 0 Å². The van der Waals surface area contributed by atoms with Gasteiger partial charge in [0.25, 0.3) is 0 Å². The van der Waals surface area contributed by atoms with E-state index in [1.165, 1.54) is 6.92 Å². The van der Waals surface area contributed by atoms with E-state index in [1.54, 1.807) is 30.3 Å². The maximum absolute atomic E-state index is 11.5. The topological polar surface area (TPSA) is 70.0 Å². The Morgan fingerprint density at radius 3 is 2.69 bits per heavy atom. The van der Waals surface area contributed by atoms with Crippen LogP contribution in [-0.4, -0.2) is 13.7 Å². The number of nitriles is 1. The van der Waals surface area contributed by atoms with E-state index in [-0.39, 0.29) is 6.54 Å². The Labute approximate surface area is 99.9 Å². The number of rotatable bonds is 4. The Balaban J connectivity index is 2.74. The highest BCUT2D eigenvalue weighted by Crippen LogP contribution is 2.14. The van der Waals surface area contributed by atoms with Crippen molar-refractivity contribution < 1.29 is 8.42 Å². The lowest BCUT2D eigenvalue weighted by atomic mass is 10.2. The molecule has 1 unspecified atom stereocenters. The summed E-state index contributed by atoms with van der Waals surface area (Å²) in [5.41, 5.74) is 0.679. The normalized spacial score (nSPS) is 13.1. The number of hydrogen-bond acceptors (Lipinski definition) is 3. The molecule has 1 atom stereocenters. The van der Waals surface area contributed by atoms with Crippen molar-refractivity contribution in [3.05, 3.63) is 34.9 Å². The van der Waals surface area contributed by atoms with E-state index in [1.807, 2.05) is 0 Å². The van der Waals surface area contributed by atoms with Gasteiger partial charge in [0.1, 0.15) is 0 Å². The van der Waals surface area contributed by atoms with Crippen LogP contribution >= 0.6 is 11.6 Å². The predicted molar refractivity (Wildman–Crippen MR) is 62.3 cm³/mol. The van der Waals surface area contributed by atoms with Crippen LogP contribution in [0, 0.1) is 11.3 Å². The van der Waals surface area contributed by atoms with Crippen molar-refractivity contribution in [2.45, 2.75) is 18.7 Å². The molecule has 0 fully saturated rings. The lowest BCUT2D eigenvalue weighted by Gasteiger charge is -2.08. The molecule has 0 heterocycles. The van der Waals surface area contributed by atoms with E-state index in [0.29, 0.717) is 10.6 Å². The Bertz CT molecular complexity index is 508.